The number of esters is 2. The molecule has 1 aliphatic rings. The third kappa shape index (κ3) is 2.95. The minimum Gasteiger partial charge on any atom is -0.416 e. The van der Waals surface area contributed by atoms with Crippen molar-refractivity contribution in [3.63, 3.8) is 0 Å². The second-order valence-corrected chi connectivity index (χ2v) is 4.49. The van der Waals surface area contributed by atoms with Crippen molar-refractivity contribution in [2.45, 2.75) is 6.29 Å². The highest BCUT2D eigenvalue weighted by Gasteiger charge is 2.36. The lowest BCUT2D eigenvalue weighted by molar-refractivity contribution is -0.188. The van der Waals surface area contributed by atoms with Crippen LogP contribution in [0, 0.1) is 0 Å². The van der Waals surface area contributed by atoms with Crippen LogP contribution < -0.4 is 5.43 Å². The third-order valence-electron chi connectivity index (χ3n) is 2.96. The number of hydrogen-bond donors (Lipinski definition) is 1. The Morgan fingerprint density at radius 3 is 1.95 bits per heavy atom. The van der Waals surface area contributed by atoms with Crippen LogP contribution in [0.2, 0.25) is 0 Å². The molecule has 1 N–H and O–H groups in total. The summed E-state index contributed by atoms with van der Waals surface area (Å²) < 4.78 is 10.2. The monoisotopic (exact) mass is 296 g/mol. The third-order valence-corrected chi connectivity index (χ3v) is 2.96. The first kappa shape index (κ1) is 13.8. The number of anilines is 1. The highest BCUT2D eigenvalue weighted by Crippen LogP contribution is 2.23. The van der Waals surface area contributed by atoms with Gasteiger partial charge in [-0.1, -0.05) is 48.5 Å². The molecule has 0 spiro atoms. The minimum atomic E-state index is -1.04. The average molecular weight is 296 g/mol. The van der Waals surface area contributed by atoms with Gasteiger partial charge in [0.1, 0.15) is 0 Å². The van der Waals surface area contributed by atoms with Crippen LogP contribution in [-0.4, -0.2) is 17.7 Å². The Bertz CT molecular complexity index is 693. The van der Waals surface area contributed by atoms with Crippen LogP contribution in [-0.2, 0) is 19.1 Å². The predicted octanol–water partition coefficient (Wildman–Crippen LogP) is 2.25. The van der Waals surface area contributed by atoms with Gasteiger partial charge in [0.15, 0.2) is 0 Å². The molecule has 0 radical (unpaired) electrons. The maximum atomic E-state index is 11.9. The van der Waals surface area contributed by atoms with Crippen LogP contribution in [0.5, 0.6) is 0 Å². The van der Waals surface area contributed by atoms with Gasteiger partial charge in [-0.2, -0.15) is 5.10 Å². The molecule has 1 saturated heterocycles. The number of para-hydroxylation sites is 1. The maximum Gasteiger partial charge on any atom is 0.369 e. The molecule has 1 aliphatic heterocycles. The Kier molecular flexibility index (Phi) is 3.82. The molecule has 110 valence electrons. The van der Waals surface area contributed by atoms with Gasteiger partial charge < -0.3 is 9.47 Å². The van der Waals surface area contributed by atoms with Crippen molar-refractivity contribution < 1.29 is 19.1 Å². The Morgan fingerprint density at radius 2 is 1.36 bits per heavy atom. The summed E-state index contributed by atoms with van der Waals surface area (Å²) in [5.74, 6) is -1.65. The molecule has 2 aromatic rings. The summed E-state index contributed by atoms with van der Waals surface area (Å²) in [5, 5.41) is 3.76. The lowest BCUT2D eigenvalue weighted by Gasteiger charge is -2.23. The van der Waals surface area contributed by atoms with Crippen LogP contribution in [0.1, 0.15) is 11.9 Å². The van der Waals surface area contributed by atoms with Gasteiger partial charge in [0.2, 0.25) is 0 Å². The van der Waals surface area contributed by atoms with E-state index < -0.39 is 23.9 Å². The van der Waals surface area contributed by atoms with Gasteiger partial charge in [0.25, 0.3) is 12.0 Å². The molecule has 0 aromatic heterocycles. The number of cyclic esters (lactones) is 2. The molecule has 1 fully saturated rings. The van der Waals surface area contributed by atoms with E-state index in [-0.39, 0.29) is 0 Å². The quantitative estimate of drug-likeness (QED) is 0.694. The van der Waals surface area contributed by atoms with Crippen LogP contribution >= 0.6 is 0 Å². The van der Waals surface area contributed by atoms with Crippen molar-refractivity contribution >= 4 is 23.3 Å². The standard InChI is InChI=1S/C16H12N2O4/c19-14-13(18-17-12-9-5-2-6-10-12)15(20)22-16(21-14)11-7-3-1-4-8-11/h1-10,16-17H. The zero-order valence-electron chi connectivity index (χ0n) is 11.4. The molecular weight excluding hydrogens is 284 g/mol. The molecule has 22 heavy (non-hydrogen) atoms. The van der Waals surface area contributed by atoms with Crippen molar-refractivity contribution in [3.05, 3.63) is 66.2 Å². The van der Waals surface area contributed by atoms with Crippen LogP contribution in [0.4, 0.5) is 5.69 Å². The summed E-state index contributed by atoms with van der Waals surface area (Å²) >= 11 is 0. The lowest BCUT2D eigenvalue weighted by atomic mass is 10.2. The fraction of sp³-hybridized carbons (Fsp3) is 0.0625. The molecule has 0 bridgehead atoms. The van der Waals surface area contributed by atoms with Crippen molar-refractivity contribution in [2.75, 3.05) is 5.43 Å². The van der Waals surface area contributed by atoms with Crippen LogP contribution in [0.25, 0.3) is 0 Å². The molecule has 0 aliphatic carbocycles. The zero-order chi connectivity index (χ0) is 15.4. The first-order valence-corrected chi connectivity index (χ1v) is 6.60. The van der Waals surface area contributed by atoms with Gasteiger partial charge in [0.05, 0.1) is 5.69 Å². The van der Waals surface area contributed by atoms with E-state index in [1.54, 1.807) is 48.5 Å². The Balaban J connectivity index is 1.74. The molecule has 0 saturated carbocycles. The van der Waals surface area contributed by atoms with Crippen molar-refractivity contribution in [2.24, 2.45) is 5.10 Å². The fourth-order valence-corrected chi connectivity index (χ4v) is 1.88. The number of hydrazone groups is 1. The van der Waals surface area contributed by atoms with Crippen molar-refractivity contribution in [3.8, 4) is 0 Å². The zero-order valence-corrected chi connectivity index (χ0v) is 11.4. The van der Waals surface area contributed by atoms with Gasteiger partial charge in [-0.05, 0) is 12.1 Å². The smallest absolute Gasteiger partial charge is 0.369 e. The molecule has 6 heteroatoms. The molecule has 2 aromatic carbocycles. The Morgan fingerprint density at radius 1 is 0.818 bits per heavy atom. The topological polar surface area (TPSA) is 77.0 Å². The van der Waals surface area contributed by atoms with Crippen molar-refractivity contribution in [1.29, 1.82) is 0 Å². The van der Waals surface area contributed by atoms with E-state index in [1.807, 2.05) is 12.1 Å². The number of hydrogen-bond acceptors (Lipinski definition) is 6. The van der Waals surface area contributed by atoms with E-state index in [1.165, 1.54) is 0 Å². The summed E-state index contributed by atoms with van der Waals surface area (Å²) in [4.78, 5) is 23.8. The number of benzene rings is 2. The molecule has 1 heterocycles. The van der Waals surface area contributed by atoms with Gasteiger partial charge in [-0.25, -0.2) is 9.59 Å². The number of carbonyl (C=O) groups excluding carboxylic acids is 2. The number of ether oxygens (including phenoxy) is 2. The van der Waals surface area contributed by atoms with E-state index in [4.69, 9.17) is 9.47 Å². The lowest BCUT2D eigenvalue weighted by Crippen LogP contribution is -2.37. The molecule has 6 nitrogen and oxygen atoms in total. The minimum absolute atomic E-state index is 0.420. The van der Waals surface area contributed by atoms with Crippen LogP contribution in [0.3, 0.4) is 0 Å². The predicted molar refractivity (Wildman–Crippen MR) is 78.9 cm³/mol. The largest absolute Gasteiger partial charge is 0.416 e. The van der Waals surface area contributed by atoms with Crippen LogP contribution in [0.15, 0.2) is 65.8 Å². The van der Waals surface area contributed by atoms with Gasteiger partial charge in [-0.3, -0.25) is 5.43 Å². The summed E-state index contributed by atoms with van der Waals surface area (Å²) in [6, 6.07) is 17.7. The summed E-state index contributed by atoms with van der Waals surface area (Å²) in [7, 11) is 0. The number of carbonyl (C=O) groups is 2. The highest BCUT2D eigenvalue weighted by atomic mass is 16.7. The molecular formula is C16H12N2O4. The molecule has 0 unspecified atom stereocenters. The Hall–Kier alpha value is -3.15. The van der Waals surface area contributed by atoms with E-state index in [2.05, 4.69) is 10.5 Å². The van der Waals surface area contributed by atoms with Gasteiger partial charge >= 0.3 is 11.9 Å². The average Bonchev–Trinajstić information content (AvgIpc) is 2.56. The molecule has 0 atom stereocenters. The summed E-state index contributed by atoms with van der Waals surface area (Å²) in [6.45, 7) is 0. The van der Waals surface area contributed by atoms with E-state index >= 15 is 0 Å². The number of rotatable bonds is 3. The first-order chi connectivity index (χ1) is 10.7. The van der Waals surface area contributed by atoms with Crippen molar-refractivity contribution in [1.82, 2.24) is 0 Å². The number of nitrogens with zero attached hydrogens (tertiary/aromatic N) is 1. The Labute approximate surface area is 126 Å². The maximum absolute atomic E-state index is 11.9. The summed E-state index contributed by atoms with van der Waals surface area (Å²) in [6.07, 6.45) is -1.04. The van der Waals surface area contributed by atoms with E-state index in [0.29, 0.717) is 11.3 Å². The SMILES string of the molecule is O=C1OC(c2ccccc2)OC(=O)C1=NNc1ccccc1. The fourth-order valence-electron chi connectivity index (χ4n) is 1.88. The molecule has 0 amide bonds. The second-order valence-electron chi connectivity index (χ2n) is 4.49. The van der Waals surface area contributed by atoms with Gasteiger partial charge in [0, 0.05) is 5.56 Å². The number of nitrogens with one attached hydrogen (secondary N) is 1. The first-order valence-electron chi connectivity index (χ1n) is 6.60. The molecule has 3 rings (SSSR count). The van der Waals surface area contributed by atoms with E-state index in [0.717, 1.165) is 0 Å². The van der Waals surface area contributed by atoms with Gasteiger partial charge in [-0.15, -0.1) is 0 Å². The second kappa shape index (κ2) is 6.09. The van der Waals surface area contributed by atoms with E-state index in [9.17, 15) is 9.59 Å². The normalized spacial score (nSPS) is 17.5. The summed E-state index contributed by atoms with van der Waals surface area (Å²) in [5.41, 5.74) is 3.42. The highest BCUT2D eigenvalue weighted by molar-refractivity contribution is 6.63.